The number of thioether (sulfide) groups is 1. The molecule has 4 aromatic rings. The van der Waals surface area contributed by atoms with Crippen LogP contribution in [0.5, 0.6) is 0 Å². The monoisotopic (exact) mass is 436 g/mol. The van der Waals surface area contributed by atoms with Gasteiger partial charge in [0.15, 0.2) is 5.16 Å². The highest BCUT2D eigenvalue weighted by molar-refractivity contribution is 7.99. The fraction of sp³-hybridized carbons (Fsp3) is 0.136. The van der Waals surface area contributed by atoms with Gasteiger partial charge in [-0.05, 0) is 48.7 Å². The molecule has 2 heterocycles. The summed E-state index contributed by atoms with van der Waals surface area (Å²) in [4.78, 5) is 29.9. The summed E-state index contributed by atoms with van der Waals surface area (Å²) in [5, 5.41) is 8.42. The van der Waals surface area contributed by atoms with Gasteiger partial charge in [0.1, 0.15) is 0 Å². The van der Waals surface area contributed by atoms with Crippen LogP contribution in [0.25, 0.3) is 11.0 Å². The molecule has 6 nitrogen and oxygen atoms in total. The zero-order chi connectivity index (χ0) is 20.9. The third-order valence-corrected chi connectivity index (χ3v) is 6.26. The Balaban J connectivity index is 1.38. The molecule has 0 fully saturated rings. The van der Waals surface area contributed by atoms with Crippen molar-refractivity contribution < 1.29 is 9.59 Å². The molecule has 152 valence electrons. The molecule has 0 saturated carbocycles. The van der Waals surface area contributed by atoms with E-state index in [-0.39, 0.29) is 17.6 Å². The molecule has 4 rings (SSSR count). The maximum atomic E-state index is 12.5. The number of carbonyl (C=O) groups is 2. The van der Waals surface area contributed by atoms with Gasteiger partial charge in [-0.1, -0.05) is 36.0 Å². The molecule has 2 aromatic heterocycles. The molecular weight excluding hydrogens is 416 g/mol. The van der Waals surface area contributed by atoms with E-state index in [0.717, 1.165) is 22.7 Å². The predicted octanol–water partition coefficient (Wildman–Crippen LogP) is 5.10. The Bertz CT molecular complexity index is 1190. The summed E-state index contributed by atoms with van der Waals surface area (Å²) < 4.78 is 2.11. The van der Waals surface area contributed by atoms with Gasteiger partial charge >= 0.3 is 0 Å². The number of anilines is 2. The Labute approximate surface area is 182 Å². The number of aryl methyl sites for hydroxylation is 1. The minimum atomic E-state index is -0.164. The fourth-order valence-electron chi connectivity index (χ4n) is 3.07. The number of imidazole rings is 1. The lowest BCUT2D eigenvalue weighted by Gasteiger charge is -2.09. The van der Waals surface area contributed by atoms with Gasteiger partial charge in [-0.2, -0.15) is 0 Å². The number of aromatic nitrogens is 2. The van der Waals surface area contributed by atoms with Gasteiger partial charge in [-0.15, -0.1) is 11.3 Å². The normalized spacial score (nSPS) is 10.8. The Morgan fingerprint density at radius 1 is 1.03 bits per heavy atom. The number of amides is 2. The minimum Gasteiger partial charge on any atom is -0.325 e. The van der Waals surface area contributed by atoms with Gasteiger partial charge in [0.2, 0.25) is 5.91 Å². The van der Waals surface area contributed by atoms with Crippen LogP contribution in [0.3, 0.4) is 0 Å². The van der Waals surface area contributed by atoms with E-state index in [4.69, 9.17) is 0 Å². The Morgan fingerprint density at radius 2 is 1.83 bits per heavy atom. The van der Waals surface area contributed by atoms with Crippen molar-refractivity contribution in [1.82, 2.24) is 9.55 Å². The summed E-state index contributed by atoms with van der Waals surface area (Å²) in [5.74, 6) is -0.0475. The number of hydrogen-bond donors (Lipinski definition) is 2. The quantitative estimate of drug-likeness (QED) is 0.395. The van der Waals surface area contributed by atoms with E-state index in [9.17, 15) is 9.59 Å². The lowest BCUT2D eigenvalue weighted by atomic mass is 10.2. The van der Waals surface area contributed by atoms with Crippen LogP contribution in [-0.4, -0.2) is 27.1 Å². The van der Waals surface area contributed by atoms with Crippen LogP contribution in [0.4, 0.5) is 11.4 Å². The second-order valence-corrected chi connectivity index (χ2v) is 8.37. The number of fused-ring (bicyclic) bond motifs is 1. The first-order chi connectivity index (χ1) is 14.6. The Kier molecular flexibility index (Phi) is 6.15. The number of thiophene rings is 1. The molecule has 0 unspecified atom stereocenters. The lowest BCUT2D eigenvalue weighted by molar-refractivity contribution is -0.113. The van der Waals surface area contributed by atoms with Gasteiger partial charge in [0.05, 0.1) is 21.7 Å². The first kappa shape index (κ1) is 20.2. The zero-order valence-corrected chi connectivity index (χ0v) is 17.9. The van der Waals surface area contributed by atoms with E-state index in [1.807, 2.05) is 35.7 Å². The maximum Gasteiger partial charge on any atom is 0.265 e. The van der Waals surface area contributed by atoms with Gasteiger partial charge < -0.3 is 15.2 Å². The van der Waals surface area contributed by atoms with E-state index in [1.165, 1.54) is 23.1 Å². The van der Waals surface area contributed by atoms with E-state index < -0.39 is 0 Å². The number of para-hydroxylation sites is 2. The van der Waals surface area contributed by atoms with Crippen LogP contribution < -0.4 is 10.6 Å². The summed E-state index contributed by atoms with van der Waals surface area (Å²) in [6.07, 6.45) is 0. The number of hydrogen-bond acceptors (Lipinski definition) is 5. The number of rotatable bonds is 7. The molecule has 0 radical (unpaired) electrons. The molecule has 0 aliphatic carbocycles. The molecule has 2 amide bonds. The van der Waals surface area contributed by atoms with Crippen molar-refractivity contribution in [3.05, 3.63) is 70.9 Å². The topological polar surface area (TPSA) is 76.0 Å². The number of benzene rings is 2. The van der Waals surface area contributed by atoms with Crippen molar-refractivity contribution >= 4 is 57.3 Å². The van der Waals surface area contributed by atoms with Crippen molar-refractivity contribution in [2.24, 2.45) is 0 Å². The first-order valence-corrected chi connectivity index (χ1v) is 11.3. The third kappa shape index (κ3) is 4.55. The molecule has 0 spiro atoms. The molecule has 0 saturated heterocycles. The number of nitrogens with one attached hydrogen (secondary N) is 2. The second kappa shape index (κ2) is 9.15. The molecular formula is C22H20N4O2S2. The Hall–Kier alpha value is -3.10. The van der Waals surface area contributed by atoms with E-state index in [2.05, 4.69) is 27.1 Å². The summed E-state index contributed by atoms with van der Waals surface area (Å²) in [6.45, 7) is 2.85. The molecule has 30 heavy (non-hydrogen) atoms. The SMILES string of the molecule is CCn1c(SCC(=O)Nc2cccc(NC(=O)c3cccs3)c2)nc2ccccc21. The molecule has 0 aliphatic heterocycles. The summed E-state index contributed by atoms with van der Waals surface area (Å²) in [5.41, 5.74) is 3.26. The molecule has 0 atom stereocenters. The average Bonchev–Trinajstić information content (AvgIpc) is 3.40. The van der Waals surface area contributed by atoms with Crippen molar-refractivity contribution in [3.8, 4) is 0 Å². The van der Waals surface area contributed by atoms with Crippen molar-refractivity contribution in [2.45, 2.75) is 18.6 Å². The van der Waals surface area contributed by atoms with Crippen LogP contribution in [-0.2, 0) is 11.3 Å². The smallest absolute Gasteiger partial charge is 0.265 e. The first-order valence-electron chi connectivity index (χ1n) is 9.47. The van der Waals surface area contributed by atoms with Crippen molar-refractivity contribution in [3.63, 3.8) is 0 Å². The largest absolute Gasteiger partial charge is 0.325 e. The lowest BCUT2D eigenvalue weighted by Crippen LogP contribution is -2.15. The fourth-order valence-corrected chi connectivity index (χ4v) is 4.57. The van der Waals surface area contributed by atoms with Crippen LogP contribution in [0.15, 0.2) is 71.2 Å². The molecule has 2 aromatic carbocycles. The van der Waals surface area contributed by atoms with Crippen LogP contribution in [0.1, 0.15) is 16.6 Å². The average molecular weight is 437 g/mol. The van der Waals surface area contributed by atoms with Crippen LogP contribution in [0, 0.1) is 0 Å². The van der Waals surface area contributed by atoms with Crippen molar-refractivity contribution in [2.75, 3.05) is 16.4 Å². The summed E-state index contributed by atoms with van der Waals surface area (Å²) in [7, 11) is 0. The van der Waals surface area contributed by atoms with E-state index in [1.54, 1.807) is 30.3 Å². The maximum absolute atomic E-state index is 12.5. The number of carbonyl (C=O) groups excluding carboxylic acids is 2. The minimum absolute atomic E-state index is 0.128. The Morgan fingerprint density at radius 3 is 2.60 bits per heavy atom. The van der Waals surface area contributed by atoms with E-state index in [0.29, 0.717) is 16.3 Å². The molecule has 8 heteroatoms. The summed E-state index contributed by atoms with van der Waals surface area (Å²) >= 11 is 2.79. The number of nitrogens with zero attached hydrogens (tertiary/aromatic N) is 2. The highest BCUT2D eigenvalue weighted by Crippen LogP contribution is 2.24. The van der Waals surface area contributed by atoms with Gasteiger partial charge in [-0.3, -0.25) is 9.59 Å². The summed E-state index contributed by atoms with van der Waals surface area (Å²) in [6, 6.07) is 18.7. The molecule has 0 aliphatic rings. The van der Waals surface area contributed by atoms with Gasteiger partial charge in [-0.25, -0.2) is 4.98 Å². The van der Waals surface area contributed by atoms with Crippen molar-refractivity contribution in [1.29, 1.82) is 0 Å². The zero-order valence-electron chi connectivity index (χ0n) is 16.3. The standard InChI is InChI=1S/C22H20N4O2S2/c1-2-26-18-10-4-3-9-17(18)25-22(26)30-14-20(27)23-15-7-5-8-16(13-15)24-21(28)19-11-6-12-29-19/h3-13H,2,14H2,1H3,(H,23,27)(H,24,28). The van der Waals surface area contributed by atoms with Gasteiger partial charge in [0.25, 0.3) is 5.91 Å². The van der Waals surface area contributed by atoms with Crippen LogP contribution in [0.2, 0.25) is 0 Å². The highest BCUT2D eigenvalue weighted by Gasteiger charge is 2.12. The predicted molar refractivity (Wildman–Crippen MR) is 123 cm³/mol. The molecule has 0 bridgehead atoms. The van der Waals surface area contributed by atoms with Crippen LogP contribution >= 0.6 is 23.1 Å². The molecule has 2 N–H and O–H groups in total. The third-order valence-electron chi connectivity index (χ3n) is 4.42. The second-order valence-electron chi connectivity index (χ2n) is 6.48. The highest BCUT2D eigenvalue weighted by atomic mass is 32.2. The van der Waals surface area contributed by atoms with E-state index >= 15 is 0 Å². The van der Waals surface area contributed by atoms with Gasteiger partial charge in [0, 0.05) is 17.9 Å².